The maximum Gasteiger partial charge on any atom is 0.416 e. The summed E-state index contributed by atoms with van der Waals surface area (Å²) in [6, 6.07) is 24.1. The predicted molar refractivity (Wildman–Crippen MR) is 176 cm³/mol. The predicted octanol–water partition coefficient (Wildman–Crippen LogP) is 7.51. The van der Waals surface area contributed by atoms with Gasteiger partial charge in [0.05, 0.1) is 19.1 Å². The van der Waals surface area contributed by atoms with Crippen molar-refractivity contribution in [2.45, 2.75) is 32.5 Å². The number of aliphatic carboxylic acids is 1. The Morgan fingerprint density at radius 2 is 1.55 bits per heavy atom. The number of rotatable bonds is 12. The Bertz CT molecular complexity index is 1940. The van der Waals surface area contributed by atoms with E-state index in [1.54, 1.807) is 30.5 Å². The number of hydrogen-bond donors (Lipinski definition) is 2. The summed E-state index contributed by atoms with van der Waals surface area (Å²) < 4.78 is 51.2. The third-order valence-corrected chi connectivity index (χ3v) is 7.74. The van der Waals surface area contributed by atoms with Crippen LogP contribution in [0, 0.1) is 0 Å². The third kappa shape index (κ3) is 8.72. The van der Waals surface area contributed by atoms with Crippen molar-refractivity contribution < 1.29 is 41.8 Å². The number of amides is 2. The molecule has 0 saturated heterocycles. The topological polar surface area (TPSA) is 122 Å². The summed E-state index contributed by atoms with van der Waals surface area (Å²) in [4.78, 5) is 43.3. The number of nitrogens with one attached hydrogen (secondary N) is 1. The number of carbonyl (C=O) groups excluding carboxylic acids is 2. The summed E-state index contributed by atoms with van der Waals surface area (Å²) >= 11 is 0. The molecule has 252 valence electrons. The van der Waals surface area contributed by atoms with Gasteiger partial charge in [0.2, 0.25) is 11.8 Å². The zero-order valence-corrected chi connectivity index (χ0v) is 26.6. The van der Waals surface area contributed by atoms with Crippen molar-refractivity contribution in [3.05, 3.63) is 125 Å². The summed E-state index contributed by atoms with van der Waals surface area (Å²) in [6.07, 6.45) is -2.71. The maximum absolute atomic E-state index is 13.5. The fourth-order valence-electron chi connectivity index (χ4n) is 5.14. The van der Waals surface area contributed by atoms with Gasteiger partial charge in [-0.15, -0.1) is 0 Å². The first-order valence-corrected chi connectivity index (χ1v) is 15.2. The molecule has 0 aliphatic carbocycles. The fourth-order valence-corrected chi connectivity index (χ4v) is 5.14. The molecule has 5 aromatic rings. The highest BCUT2D eigenvalue weighted by molar-refractivity contribution is 5.97. The molecule has 2 N–H and O–H groups in total. The summed E-state index contributed by atoms with van der Waals surface area (Å²) in [7, 11) is 1.25. The lowest BCUT2D eigenvalue weighted by atomic mass is 10.0. The van der Waals surface area contributed by atoms with Crippen molar-refractivity contribution >= 4 is 23.5 Å². The van der Waals surface area contributed by atoms with Crippen LogP contribution in [0.1, 0.15) is 39.5 Å². The number of hydrogen-bond acceptors (Lipinski definition) is 6. The zero-order valence-electron chi connectivity index (χ0n) is 26.6. The van der Waals surface area contributed by atoms with Gasteiger partial charge >= 0.3 is 12.1 Å². The molecule has 0 unspecified atom stereocenters. The lowest BCUT2D eigenvalue weighted by molar-refractivity contribution is -0.139. The molecule has 9 nitrogen and oxygen atoms in total. The van der Waals surface area contributed by atoms with Crippen molar-refractivity contribution in [2.75, 3.05) is 19.0 Å². The lowest BCUT2D eigenvalue weighted by Crippen LogP contribution is -2.35. The van der Waals surface area contributed by atoms with Crippen LogP contribution in [0.15, 0.2) is 102 Å². The second-order valence-electron chi connectivity index (χ2n) is 11.2. The minimum atomic E-state index is -4.68. The lowest BCUT2D eigenvalue weighted by Gasteiger charge is -2.21. The molecule has 0 bridgehead atoms. The minimum Gasteiger partial charge on any atom is -0.497 e. The monoisotopic (exact) mass is 671 g/mol. The molecule has 4 aromatic carbocycles. The molecule has 2 amide bonds. The van der Waals surface area contributed by atoms with E-state index in [-0.39, 0.29) is 29.1 Å². The van der Waals surface area contributed by atoms with Crippen molar-refractivity contribution in [3.63, 3.8) is 0 Å². The number of ether oxygens (including phenoxy) is 1. The van der Waals surface area contributed by atoms with Gasteiger partial charge in [-0.25, -0.2) is 4.98 Å². The number of methoxy groups -OCH3 is 1. The van der Waals surface area contributed by atoms with Crippen molar-refractivity contribution in [1.29, 1.82) is 0 Å². The summed E-state index contributed by atoms with van der Waals surface area (Å²) in [5.41, 5.74) is 3.41. The number of nitrogens with zero attached hydrogens (tertiary/aromatic N) is 2. The number of benzene rings is 4. The van der Waals surface area contributed by atoms with E-state index in [1.165, 1.54) is 49.1 Å². The van der Waals surface area contributed by atoms with E-state index in [2.05, 4.69) is 17.2 Å². The first-order chi connectivity index (χ1) is 23.4. The Labute approximate surface area is 280 Å². The average Bonchev–Trinajstić information content (AvgIpc) is 3.58. The first-order valence-electron chi connectivity index (χ1n) is 15.2. The zero-order chi connectivity index (χ0) is 35.1. The molecular formula is C37H32F3N3O6. The van der Waals surface area contributed by atoms with Crippen molar-refractivity contribution in [3.8, 4) is 28.5 Å². The highest BCUT2D eigenvalue weighted by atomic mass is 19.4. The highest BCUT2D eigenvalue weighted by Crippen LogP contribution is 2.35. The van der Waals surface area contributed by atoms with E-state index in [9.17, 15) is 32.7 Å². The molecule has 12 heteroatoms. The van der Waals surface area contributed by atoms with Crippen LogP contribution in [0.3, 0.4) is 0 Å². The smallest absolute Gasteiger partial charge is 0.416 e. The Balaban J connectivity index is 1.23. The van der Waals surface area contributed by atoms with Gasteiger partial charge < -0.3 is 24.5 Å². The number of carbonyl (C=O) groups is 3. The van der Waals surface area contributed by atoms with Gasteiger partial charge in [0, 0.05) is 28.9 Å². The largest absolute Gasteiger partial charge is 0.497 e. The van der Waals surface area contributed by atoms with Crippen LogP contribution in [0.2, 0.25) is 0 Å². The second kappa shape index (κ2) is 14.9. The van der Waals surface area contributed by atoms with Crippen molar-refractivity contribution in [2.24, 2.45) is 0 Å². The van der Waals surface area contributed by atoms with Gasteiger partial charge in [0.1, 0.15) is 24.3 Å². The number of alkyl halides is 3. The van der Waals surface area contributed by atoms with E-state index < -0.39 is 42.5 Å². The SMILES string of the molecule is CCc1ccc(-c2coc(-c3ccc(CN(CC(=O)O)C(=O)c4ccc(NC(=O)Cc5ccc(OC)cc5C(F)(F)F)cc4)cc3)n2)cc1. The van der Waals surface area contributed by atoms with Crippen LogP contribution in [-0.4, -0.2) is 46.4 Å². The molecule has 5 rings (SSSR count). The van der Waals surface area contributed by atoms with Crippen LogP contribution in [0.25, 0.3) is 22.7 Å². The molecule has 0 spiro atoms. The van der Waals surface area contributed by atoms with E-state index in [0.717, 1.165) is 23.0 Å². The average molecular weight is 672 g/mol. The molecule has 1 heterocycles. The highest BCUT2D eigenvalue weighted by Gasteiger charge is 2.34. The minimum absolute atomic E-state index is 0.00604. The van der Waals surface area contributed by atoms with Gasteiger partial charge in [-0.05, 0) is 71.6 Å². The van der Waals surface area contributed by atoms with E-state index in [1.807, 2.05) is 24.3 Å². The molecular weight excluding hydrogens is 639 g/mol. The fraction of sp³-hybridized carbons (Fsp3) is 0.189. The molecule has 0 atom stereocenters. The van der Waals surface area contributed by atoms with Crippen LogP contribution >= 0.6 is 0 Å². The summed E-state index contributed by atoms with van der Waals surface area (Å²) in [5.74, 6) is -2.04. The maximum atomic E-state index is 13.5. The van der Waals surface area contributed by atoms with E-state index in [4.69, 9.17) is 9.15 Å². The quantitative estimate of drug-likeness (QED) is 0.141. The number of anilines is 1. The number of aromatic nitrogens is 1. The number of halogens is 3. The van der Waals surface area contributed by atoms with Gasteiger partial charge in [-0.3, -0.25) is 14.4 Å². The van der Waals surface area contributed by atoms with Gasteiger partial charge in [0.25, 0.3) is 5.91 Å². The Kier molecular flexibility index (Phi) is 10.5. The second-order valence-corrected chi connectivity index (χ2v) is 11.2. The van der Waals surface area contributed by atoms with Gasteiger partial charge in [-0.1, -0.05) is 49.4 Å². The Morgan fingerprint density at radius 3 is 2.16 bits per heavy atom. The normalized spacial score (nSPS) is 11.2. The van der Waals surface area contributed by atoms with Crippen LogP contribution < -0.4 is 10.1 Å². The molecule has 0 aliphatic heterocycles. The van der Waals surface area contributed by atoms with Gasteiger partial charge in [-0.2, -0.15) is 13.2 Å². The summed E-state index contributed by atoms with van der Waals surface area (Å²) in [5, 5.41) is 12.0. The van der Waals surface area contributed by atoms with E-state index >= 15 is 0 Å². The first kappa shape index (κ1) is 34.4. The number of carboxylic acid groups (broad SMARTS) is 1. The molecule has 0 aliphatic rings. The Hall–Kier alpha value is -5.91. The number of oxazole rings is 1. The van der Waals surface area contributed by atoms with Gasteiger partial charge in [0.15, 0.2) is 0 Å². The van der Waals surface area contributed by atoms with Crippen LogP contribution in [0.4, 0.5) is 18.9 Å². The number of aryl methyl sites for hydroxylation is 1. The summed E-state index contributed by atoms with van der Waals surface area (Å²) in [6.45, 7) is 1.51. The third-order valence-electron chi connectivity index (χ3n) is 7.74. The molecule has 49 heavy (non-hydrogen) atoms. The molecule has 1 aromatic heterocycles. The molecule has 0 saturated carbocycles. The molecule has 0 fully saturated rings. The van der Waals surface area contributed by atoms with Crippen molar-refractivity contribution in [1.82, 2.24) is 9.88 Å². The number of carboxylic acids is 1. The van der Waals surface area contributed by atoms with E-state index in [0.29, 0.717) is 22.7 Å². The Morgan fingerprint density at radius 1 is 0.898 bits per heavy atom. The standard InChI is InChI=1S/C37H32F3N3O6/c1-3-23-4-8-25(9-5-23)32-22-49-35(42-32)26-10-6-24(7-11-26)20-43(21-34(45)46)36(47)27-12-15-29(16-13-27)41-33(44)18-28-14-17-30(48-2)19-31(28)37(38,39)40/h4-17,19,22H,3,18,20-21H2,1-2H3,(H,41,44)(H,45,46). The molecule has 0 radical (unpaired) electrons. The van der Waals surface area contributed by atoms with Crippen LogP contribution in [0.5, 0.6) is 5.75 Å². The van der Waals surface area contributed by atoms with Crippen LogP contribution in [-0.2, 0) is 35.2 Å².